The number of anilines is 1. The molecule has 0 aliphatic carbocycles. The first-order chi connectivity index (χ1) is 5.65. The van der Waals surface area contributed by atoms with Crippen LogP contribution in [0, 0.1) is 0 Å². The van der Waals surface area contributed by atoms with Crippen molar-refractivity contribution in [3.63, 3.8) is 0 Å². The molecular weight excluding hydrogens is 173 g/mol. The molecule has 0 saturated heterocycles. The molecule has 0 atom stereocenters. The highest BCUT2D eigenvalue weighted by molar-refractivity contribution is 7.63. The number of nitrogens with zero attached hydrogens (tertiary/aromatic N) is 2. The van der Waals surface area contributed by atoms with Gasteiger partial charge in [0, 0.05) is 0 Å². The number of rotatable bonds is 2. The van der Waals surface area contributed by atoms with Crippen LogP contribution in [0.15, 0.2) is 6.20 Å². The maximum absolute atomic E-state index is 5.51. The van der Waals surface area contributed by atoms with Crippen LogP contribution in [0.4, 0.5) is 5.82 Å². The van der Waals surface area contributed by atoms with Crippen molar-refractivity contribution in [2.24, 2.45) is 0 Å². The smallest absolute Gasteiger partial charge is 0.257 e. The number of methoxy groups -OCH3 is 1. The summed E-state index contributed by atoms with van der Waals surface area (Å²) in [4.78, 5) is 8.19. The summed E-state index contributed by atoms with van der Waals surface area (Å²) >= 11 is 0. The van der Waals surface area contributed by atoms with E-state index in [0.717, 1.165) is 5.44 Å². The topological polar surface area (TPSA) is 61.0 Å². The van der Waals surface area contributed by atoms with Crippen molar-refractivity contribution in [3.8, 4) is 5.88 Å². The highest BCUT2D eigenvalue weighted by atomic mass is 31.1. The molecule has 0 aliphatic rings. The van der Waals surface area contributed by atoms with Crippen molar-refractivity contribution >= 4 is 19.2 Å². The molecule has 0 amide bonds. The molecule has 0 saturated carbocycles. The van der Waals surface area contributed by atoms with Gasteiger partial charge in [0.1, 0.15) is 0 Å². The molecule has 0 spiro atoms. The average Bonchev–Trinajstić information content (AvgIpc) is 2.05. The summed E-state index contributed by atoms with van der Waals surface area (Å²) in [7, 11) is 1.30. The van der Waals surface area contributed by atoms with Gasteiger partial charge in [0.15, 0.2) is 5.82 Å². The van der Waals surface area contributed by atoms with E-state index in [-0.39, 0.29) is 7.92 Å². The minimum absolute atomic E-state index is 0.239. The first-order valence-electron chi connectivity index (χ1n) is 3.49. The van der Waals surface area contributed by atoms with Gasteiger partial charge in [-0.15, -0.1) is 0 Å². The molecule has 4 nitrogen and oxygen atoms in total. The Labute approximate surface area is 72.9 Å². The fourth-order valence-electron chi connectivity index (χ4n) is 0.738. The summed E-state index contributed by atoms with van der Waals surface area (Å²) < 4.78 is 4.95. The van der Waals surface area contributed by atoms with Gasteiger partial charge in [-0.05, 0) is 13.3 Å². The Morgan fingerprint density at radius 3 is 2.67 bits per heavy atom. The van der Waals surface area contributed by atoms with Crippen LogP contribution in [0.2, 0.25) is 0 Å². The highest BCUT2D eigenvalue weighted by Gasteiger charge is 2.06. The predicted molar refractivity (Wildman–Crippen MR) is 51.4 cm³/mol. The monoisotopic (exact) mass is 185 g/mol. The molecule has 0 aromatic carbocycles. The van der Waals surface area contributed by atoms with Crippen molar-refractivity contribution in [2.45, 2.75) is 0 Å². The molecule has 0 unspecified atom stereocenters. The Balaban J connectivity index is 3.05. The zero-order valence-electron chi connectivity index (χ0n) is 7.40. The maximum atomic E-state index is 5.51. The van der Waals surface area contributed by atoms with Crippen molar-refractivity contribution in [1.82, 2.24) is 9.97 Å². The molecule has 2 N–H and O–H groups in total. The van der Waals surface area contributed by atoms with Crippen molar-refractivity contribution in [2.75, 3.05) is 26.2 Å². The number of nitrogen functional groups attached to an aromatic ring is 1. The third kappa shape index (κ3) is 1.83. The molecule has 0 aliphatic heterocycles. The van der Waals surface area contributed by atoms with Crippen molar-refractivity contribution < 1.29 is 4.74 Å². The second-order valence-corrected chi connectivity index (χ2v) is 4.76. The molecule has 1 heterocycles. The van der Waals surface area contributed by atoms with Gasteiger partial charge >= 0.3 is 0 Å². The zero-order valence-corrected chi connectivity index (χ0v) is 8.30. The lowest BCUT2D eigenvalue weighted by Crippen LogP contribution is -2.10. The van der Waals surface area contributed by atoms with E-state index in [1.807, 2.05) is 0 Å². The summed E-state index contributed by atoms with van der Waals surface area (Å²) in [6.45, 7) is 4.21. The lowest BCUT2D eigenvalue weighted by molar-refractivity contribution is 0.399. The van der Waals surface area contributed by atoms with E-state index >= 15 is 0 Å². The minimum Gasteiger partial charge on any atom is -0.478 e. The van der Waals surface area contributed by atoms with Crippen LogP contribution in [0.3, 0.4) is 0 Å². The molecule has 66 valence electrons. The maximum Gasteiger partial charge on any atom is 0.257 e. The van der Waals surface area contributed by atoms with E-state index in [1.54, 1.807) is 6.20 Å². The standard InChI is InChI=1S/C7H12N3OP/c1-11-7-6(8)9-4-5(10-7)12(2)3/h4H,1-3H3,(H2,8,9). The zero-order chi connectivity index (χ0) is 9.14. The molecule has 0 radical (unpaired) electrons. The molecular formula is C7H12N3OP. The largest absolute Gasteiger partial charge is 0.478 e. The highest BCUT2D eigenvalue weighted by Crippen LogP contribution is 2.23. The lowest BCUT2D eigenvalue weighted by atomic mass is 10.6. The SMILES string of the molecule is COc1nc(P(C)C)cnc1N. The Morgan fingerprint density at radius 2 is 2.17 bits per heavy atom. The summed E-state index contributed by atoms with van der Waals surface area (Å²) in [5.41, 5.74) is 6.46. The van der Waals surface area contributed by atoms with Crippen LogP contribution in [-0.2, 0) is 0 Å². The lowest BCUT2D eigenvalue weighted by Gasteiger charge is -2.07. The normalized spacial score (nSPS) is 10.3. The van der Waals surface area contributed by atoms with Crippen LogP contribution < -0.4 is 15.9 Å². The fourth-order valence-corrected chi connectivity index (χ4v) is 1.32. The van der Waals surface area contributed by atoms with Gasteiger partial charge < -0.3 is 10.5 Å². The first kappa shape index (κ1) is 9.20. The second kappa shape index (κ2) is 3.68. The summed E-state index contributed by atoms with van der Waals surface area (Å²) in [6.07, 6.45) is 1.70. The summed E-state index contributed by atoms with van der Waals surface area (Å²) in [5, 5.41) is 0. The first-order valence-corrected chi connectivity index (χ1v) is 5.72. The molecule has 0 fully saturated rings. The third-order valence-corrected chi connectivity index (χ3v) is 2.54. The van der Waals surface area contributed by atoms with E-state index in [9.17, 15) is 0 Å². The second-order valence-electron chi connectivity index (χ2n) is 2.52. The van der Waals surface area contributed by atoms with E-state index in [2.05, 4.69) is 23.3 Å². The van der Waals surface area contributed by atoms with Gasteiger partial charge in [-0.25, -0.2) is 9.97 Å². The van der Waals surface area contributed by atoms with E-state index in [0.29, 0.717) is 11.7 Å². The van der Waals surface area contributed by atoms with Crippen LogP contribution in [0.1, 0.15) is 0 Å². The van der Waals surface area contributed by atoms with Crippen molar-refractivity contribution in [1.29, 1.82) is 0 Å². The average molecular weight is 185 g/mol. The molecule has 5 heteroatoms. The Morgan fingerprint density at radius 1 is 1.50 bits per heavy atom. The van der Waals surface area contributed by atoms with E-state index < -0.39 is 0 Å². The summed E-state index contributed by atoms with van der Waals surface area (Å²) in [6, 6.07) is 0. The predicted octanol–water partition coefficient (Wildman–Crippen LogP) is 0.434. The summed E-state index contributed by atoms with van der Waals surface area (Å²) in [5.74, 6) is 0.766. The van der Waals surface area contributed by atoms with E-state index in [4.69, 9.17) is 10.5 Å². The Bertz CT molecular complexity index is 277. The van der Waals surface area contributed by atoms with E-state index in [1.165, 1.54) is 7.11 Å². The minimum atomic E-state index is -0.239. The third-order valence-electron chi connectivity index (χ3n) is 1.41. The van der Waals surface area contributed by atoms with Gasteiger partial charge in [0.25, 0.3) is 5.88 Å². The van der Waals surface area contributed by atoms with Gasteiger partial charge in [0.05, 0.1) is 18.7 Å². The van der Waals surface area contributed by atoms with Crippen molar-refractivity contribution in [3.05, 3.63) is 6.20 Å². The molecule has 1 aromatic rings. The molecule has 1 rings (SSSR count). The fraction of sp³-hybridized carbons (Fsp3) is 0.429. The van der Waals surface area contributed by atoms with Gasteiger partial charge in [-0.1, -0.05) is 7.92 Å². The van der Waals surface area contributed by atoms with Crippen LogP contribution >= 0.6 is 7.92 Å². The molecule has 1 aromatic heterocycles. The number of aromatic nitrogens is 2. The van der Waals surface area contributed by atoms with Crippen LogP contribution in [0.25, 0.3) is 0 Å². The van der Waals surface area contributed by atoms with Gasteiger partial charge in [-0.2, -0.15) is 0 Å². The van der Waals surface area contributed by atoms with Gasteiger partial charge in [-0.3, -0.25) is 0 Å². The Hall–Kier alpha value is -0.890. The number of hydrogen-bond donors (Lipinski definition) is 1. The number of ether oxygens (including phenoxy) is 1. The quantitative estimate of drug-likeness (QED) is 0.679. The number of nitrogens with two attached hydrogens (primary N) is 1. The molecule has 12 heavy (non-hydrogen) atoms. The van der Waals surface area contributed by atoms with Crippen LogP contribution in [-0.4, -0.2) is 30.4 Å². The van der Waals surface area contributed by atoms with Gasteiger partial charge in [0.2, 0.25) is 0 Å². The molecule has 0 bridgehead atoms. The number of hydrogen-bond acceptors (Lipinski definition) is 4. The van der Waals surface area contributed by atoms with Crippen LogP contribution in [0.5, 0.6) is 5.88 Å². The Kier molecular flexibility index (Phi) is 2.82.